The molecule has 2 aromatic rings. The number of carbonyl (C=O) groups excluding carboxylic acids is 1. The zero-order valence-electron chi connectivity index (χ0n) is 15.1. The number of nitrogens with one attached hydrogen (secondary N) is 1. The maximum absolute atomic E-state index is 12.6. The van der Waals surface area contributed by atoms with Crippen molar-refractivity contribution in [2.45, 2.75) is 4.90 Å². The summed E-state index contributed by atoms with van der Waals surface area (Å²) in [5.74, 6) is 0.314. The lowest BCUT2D eigenvalue weighted by molar-refractivity contribution is 0.0730. The highest BCUT2D eigenvalue weighted by atomic mass is 35.5. The highest BCUT2D eigenvalue weighted by Gasteiger charge is 2.26. The Balaban J connectivity index is 1.48. The van der Waals surface area contributed by atoms with Crippen LogP contribution >= 0.6 is 11.6 Å². The van der Waals surface area contributed by atoms with Gasteiger partial charge in [0.25, 0.3) is 5.91 Å². The van der Waals surface area contributed by atoms with E-state index in [0.29, 0.717) is 49.2 Å². The summed E-state index contributed by atoms with van der Waals surface area (Å²) in [4.78, 5) is 12.2. The van der Waals surface area contributed by atoms with E-state index in [2.05, 4.69) is 5.32 Å². The van der Waals surface area contributed by atoms with Crippen LogP contribution < -0.4 is 10.1 Å². The summed E-state index contributed by atoms with van der Waals surface area (Å²) >= 11 is 5.80. The summed E-state index contributed by atoms with van der Waals surface area (Å²) in [5, 5.41) is 3.31. The van der Waals surface area contributed by atoms with Gasteiger partial charge in [0.15, 0.2) is 0 Å². The third-order valence-electron chi connectivity index (χ3n) is 4.19. The van der Waals surface area contributed by atoms with E-state index in [9.17, 15) is 13.2 Å². The van der Waals surface area contributed by atoms with Crippen LogP contribution in [0.25, 0.3) is 0 Å². The summed E-state index contributed by atoms with van der Waals surface area (Å²) in [7, 11) is -3.52. The van der Waals surface area contributed by atoms with Crippen molar-refractivity contribution < 1.29 is 22.7 Å². The summed E-state index contributed by atoms with van der Waals surface area (Å²) < 4.78 is 37.3. The fourth-order valence-electron chi connectivity index (χ4n) is 2.68. The minimum absolute atomic E-state index is 0.216. The number of morpholine rings is 1. The maximum Gasteiger partial charge on any atom is 0.251 e. The smallest absolute Gasteiger partial charge is 0.251 e. The van der Waals surface area contributed by atoms with Crippen molar-refractivity contribution in [3.63, 3.8) is 0 Å². The van der Waals surface area contributed by atoms with Crippen LogP contribution in [-0.4, -0.2) is 58.1 Å². The molecule has 1 aliphatic heterocycles. The van der Waals surface area contributed by atoms with E-state index in [1.807, 2.05) is 0 Å². The van der Waals surface area contributed by atoms with Crippen molar-refractivity contribution in [2.75, 3.05) is 39.5 Å². The van der Waals surface area contributed by atoms with Crippen LogP contribution in [0.2, 0.25) is 5.02 Å². The van der Waals surface area contributed by atoms with E-state index < -0.39 is 10.0 Å². The fourth-order valence-corrected chi connectivity index (χ4v) is 4.21. The zero-order valence-corrected chi connectivity index (χ0v) is 16.7. The second-order valence-corrected chi connectivity index (χ2v) is 8.47. The molecular formula is C19H21ClN2O5S. The Bertz CT molecular complexity index is 895. The molecule has 0 saturated carbocycles. The Hall–Kier alpha value is -2.13. The first kappa shape index (κ1) is 20.6. The van der Waals surface area contributed by atoms with Crippen LogP contribution in [0.4, 0.5) is 0 Å². The summed E-state index contributed by atoms with van der Waals surface area (Å²) in [5.41, 5.74) is 0.516. The molecule has 1 heterocycles. The number of halogens is 1. The Morgan fingerprint density at radius 1 is 1.07 bits per heavy atom. The largest absolute Gasteiger partial charge is 0.492 e. The van der Waals surface area contributed by atoms with Gasteiger partial charge < -0.3 is 14.8 Å². The third kappa shape index (κ3) is 5.23. The number of hydrogen-bond donors (Lipinski definition) is 1. The van der Waals surface area contributed by atoms with Crippen molar-refractivity contribution in [1.82, 2.24) is 9.62 Å². The quantitative estimate of drug-likeness (QED) is 0.688. The standard InChI is InChI=1S/C19H21ClN2O5S/c20-16-3-1-15(2-4-16)19(23)21-9-12-27-17-5-7-18(8-6-17)28(24,25)22-10-13-26-14-11-22/h1-8H,9-14H2,(H,21,23). The first-order chi connectivity index (χ1) is 13.5. The molecule has 0 spiro atoms. The Kier molecular flexibility index (Phi) is 6.90. The van der Waals surface area contributed by atoms with Crippen LogP contribution in [0.5, 0.6) is 5.75 Å². The Labute approximate surface area is 169 Å². The molecule has 3 rings (SSSR count). The maximum atomic E-state index is 12.6. The van der Waals surface area contributed by atoms with Crippen molar-refractivity contribution >= 4 is 27.5 Å². The minimum Gasteiger partial charge on any atom is -0.492 e. The molecule has 0 radical (unpaired) electrons. The van der Waals surface area contributed by atoms with Crippen LogP contribution in [0, 0.1) is 0 Å². The molecular weight excluding hydrogens is 404 g/mol. The second-order valence-electron chi connectivity index (χ2n) is 6.10. The number of ether oxygens (including phenoxy) is 2. The summed E-state index contributed by atoms with van der Waals surface area (Å²) in [6.07, 6.45) is 0. The average Bonchev–Trinajstić information content (AvgIpc) is 2.72. The molecule has 0 atom stereocenters. The molecule has 1 saturated heterocycles. The number of nitrogens with zero attached hydrogens (tertiary/aromatic N) is 1. The molecule has 0 aromatic heterocycles. The van der Waals surface area contributed by atoms with Crippen LogP contribution in [0.15, 0.2) is 53.4 Å². The van der Waals surface area contributed by atoms with E-state index in [0.717, 1.165) is 0 Å². The Morgan fingerprint density at radius 2 is 1.71 bits per heavy atom. The van der Waals surface area contributed by atoms with E-state index in [1.165, 1.54) is 16.4 Å². The normalized spacial score (nSPS) is 15.2. The van der Waals surface area contributed by atoms with Gasteiger partial charge in [-0.3, -0.25) is 4.79 Å². The number of sulfonamides is 1. The van der Waals surface area contributed by atoms with E-state index in [1.54, 1.807) is 36.4 Å². The zero-order chi connectivity index (χ0) is 20.0. The van der Waals surface area contributed by atoms with Crippen molar-refractivity contribution in [1.29, 1.82) is 0 Å². The predicted octanol–water partition coefficient (Wildman–Crippen LogP) is 2.17. The van der Waals surface area contributed by atoms with E-state index >= 15 is 0 Å². The van der Waals surface area contributed by atoms with Crippen LogP contribution in [-0.2, 0) is 14.8 Å². The van der Waals surface area contributed by atoms with Gasteiger partial charge in [-0.05, 0) is 48.5 Å². The lowest BCUT2D eigenvalue weighted by Gasteiger charge is -2.26. The third-order valence-corrected chi connectivity index (χ3v) is 6.36. The fraction of sp³-hybridized carbons (Fsp3) is 0.316. The molecule has 1 amide bonds. The minimum atomic E-state index is -3.52. The van der Waals surface area contributed by atoms with Crippen molar-refractivity contribution in [3.8, 4) is 5.75 Å². The molecule has 2 aromatic carbocycles. The number of hydrogen-bond acceptors (Lipinski definition) is 5. The van der Waals surface area contributed by atoms with E-state index in [4.69, 9.17) is 21.1 Å². The van der Waals surface area contributed by atoms with Gasteiger partial charge in [-0.25, -0.2) is 8.42 Å². The molecule has 9 heteroatoms. The molecule has 150 valence electrons. The highest BCUT2D eigenvalue weighted by molar-refractivity contribution is 7.89. The van der Waals surface area contributed by atoms with Gasteiger partial charge in [0.2, 0.25) is 10.0 Å². The van der Waals surface area contributed by atoms with Crippen LogP contribution in [0.3, 0.4) is 0 Å². The van der Waals surface area contributed by atoms with Gasteiger partial charge in [0, 0.05) is 23.7 Å². The number of carbonyl (C=O) groups is 1. The Morgan fingerprint density at radius 3 is 2.36 bits per heavy atom. The molecule has 28 heavy (non-hydrogen) atoms. The topological polar surface area (TPSA) is 84.9 Å². The molecule has 1 fully saturated rings. The lowest BCUT2D eigenvalue weighted by Crippen LogP contribution is -2.40. The van der Waals surface area contributed by atoms with Gasteiger partial charge in [-0.15, -0.1) is 0 Å². The number of amides is 1. The van der Waals surface area contributed by atoms with Crippen LogP contribution in [0.1, 0.15) is 10.4 Å². The number of rotatable bonds is 7. The summed E-state index contributed by atoms with van der Waals surface area (Å²) in [6, 6.07) is 12.8. The average molecular weight is 425 g/mol. The number of benzene rings is 2. The van der Waals surface area contributed by atoms with Gasteiger partial charge in [0.1, 0.15) is 12.4 Å². The predicted molar refractivity (Wildman–Crippen MR) is 105 cm³/mol. The molecule has 0 bridgehead atoms. The van der Waals surface area contributed by atoms with E-state index in [-0.39, 0.29) is 17.4 Å². The molecule has 1 aliphatic rings. The molecule has 0 aliphatic carbocycles. The first-order valence-electron chi connectivity index (χ1n) is 8.81. The molecule has 1 N–H and O–H groups in total. The van der Waals surface area contributed by atoms with Gasteiger partial charge >= 0.3 is 0 Å². The van der Waals surface area contributed by atoms with Crippen molar-refractivity contribution in [2.24, 2.45) is 0 Å². The molecule has 7 nitrogen and oxygen atoms in total. The van der Waals surface area contributed by atoms with Gasteiger partial charge in [-0.2, -0.15) is 4.31 Å². The first-order valence-corrected chi connectivity index (χ1v) is 10.6. The molecule has 0 unspecified atom stereocenters. The monoisotopic (exact) mass is 424 g/mol. The highest BCUT2D eigenvalue weighted by Crippen LogP contribution is 2.20. The van der Waals surface area contributed by atoms with Gasteiger partial charge in [0.05, 0.1) is 24.7 Å². The van der Waals surface area contributed by atoms with Gasteiger partial charge in [-0.1, -0.05) is 11.6 Å². The lowest BCUT2D eigenvalue weighted by atomic mass is 10.2. The second kappa shape index (κ2) is 9.38. The summed E-state index contributed by atoms with van der Waals surface area (Å²) in [6.45, 7) is 2.09. The SMILES string of the molecule is O=C(NCCOc1ccc(S(=O)(=O)N2CCOCC2)cc1)c1ccc(Cl)cc1. The van der Waals surface area contributed by atoms with Crippen molar-refractivity contribution in [3.05, 3.63) is 59.1 Å².